The summed E-state index contributed by atoms with van der Waals surface area (Å²) in [6.45, 7) is 2.13. The highest BCUT2D eigenvalue weighted by Gasteiger charge is 2.12. The monoisotopic (exact) mass is 319 g/mol. The Bertz CT molecular complexity index is 649. The van der Waals surface area contributed by atoms with Crippen molar-refractivity contribution in [3.63, 3.8) is 0 Å². The number of benzene rings is 1. The Kier molecular flexibility index (Phi) is 5.75. The van der Waals surface area contributed by atoms with Gasteiger partial charge in [-0.05, 0) is 31.2 Å². The van der Waals surface area contributed by atoms with Crippen LogP contribution in [0.2, 0.25) is 0 Å². The van der Waals surface area contributed by atoms with Crippen molar-refractivity contribution in [2.75, 3.05) is 23.1 Å². The van der Waals surface area contributed by atoms with E-state index in [0.717, 1.165) is 5.69 Å². The minimum Gasteiger partial charge on any atom is -0.390 e. The number of aryl methyl sites for hydroxylation is 1. The number of alkyl halides is 1. The van der Waals surface area contributed by atoms with Gasteiger partial charge in [-0.3, -0.25) is 4.79 Å². The van der Waals surface area contributed by atoms with Gasteiger partial charge in [-0.15, -0.1) is 11.6 Å². The number of aliphatic hydroxyl groups is 1. The van der Waals surface area contributed by atoms with Gasteiger partial charge in [0.05, 0.1) is 17.5 Å². The molecule has 1 heterocycles. The summed E-state index contributed by atoms with van der Waals surface area (Å²) in [5, 5.41) is 15.3. The molecule has 0 aliphatic heterocycles. The van der Waals surface area contributed by atoms with E-state index in [9.17, 15) is 9.90 Å². The van der Waals surface area contributed by atoms with Crippen molar-refractivity contribution in [2.24, 2.45) is 0 Å². The molecular weight excluding hydrogens is 302 g/mol. The number of carbonyl (C=O) groups excluding carboxylic acids is 1. The van der Waals surface area contributed by atoms with Gasteiger partial charge >= 0.3 is 0 Å². The van der Waals surface area contributed by atoms with Gasteiger partial charge in [0.15, 0.2) is 0 Å². The third-order valence-corrected chi connectivity index (χ3v) is 3.36. The van der Waals surface area contributed by atoms with E-state index in [4.69, 9.17) is 11.6 Å². The molecule has 0 fully saturated rings. The fraction of sp³-hybridized carbons (Fsp3) is 0.250. The number of para-hydroxylation sites is 1. The SMILES string of the molecule is Cc1cccc(NC(=O)c2ccccc2NCC(O)CCl)n1. The molecule has 22 heavy (non-hydrogen) atoms. The number of aliphatic hydroxyl groups excluding tert-OH is 1. The van der Waals surface area contributed by atoms with Crippen LogP contribution in [0.25, 0.3) is 0 Å². The Morgan fingerprint density at radius 2 is 2.05 bits per heavy atom. The van der Waals surface area contributed by atoms with Crippen molar-refractivity contribution in [1.82, 2.24) is 4.98 Å². The Balaban J connectivity index is 2.12. The number of aromatic nitrogens is 1. The summed E-state index contributed by atoms with van der Waals surface area (Å²) in [5.41, 5.74) is 1.94. The molecule has 0 bridgehead atoms. The molecule has 1 aromatic carbocycles. The number of halogens is 1. The number of amides is 1. The van der Waals surface area contributed by atoms with Crippen molar-refractivity contribution in [1.29, 1.82) is 0 Å². The highest BCUT2D eigenvalue weighted by atomic mass is 35.5. The van der Waals surface area contributed by atoms with E-state index in [0.29, 0.717) is 17.1 Å². The normalized spacial score (nSPS) is 11.8. The minimum absolute atomic E-state index is 0.134. The summed E-state index contributed by atoms with van der Waals surface area (Å²) in [5.74, 6) is 0.372. The standard InChI is InChI=1S/C16H18ClN3O2/c1-11-5-4-8-15(19-11)20-16(22)13-6-2-3-7-14(13)18-10-12(21)9-17/h2-8,12,18,21H,9-10H2,1H3,(H,19,20,22). The third kappa shape index (κ3) is 4.44. The molecule has 1 unspecified atom stereocenters. The number of nitrogens with zero attached hydrogens (tertiary/aromatic N) is 1. The van der Waals surface area contributed by atoms with Crippen molar-refractivity contribution in [3.05, 3.63) is 53.7 Å². The zero-order chi connectivity index (χ0) is 15.9. The van der Waals surface area contributed by atoms with Crippen LogP contribution < -0.4 is 10.6 Å². The van der Waals surface area contributed by atoms with Gasteiger partial charge in [0.25, 0.3) is 5.91 Å². The minimum atomic E-state index is -0.670. The first-order valence-corrected chi connectivity index (χ1v) is 7.45. The average molecular weight is 320 g/mol. The molecule has 0 saturated carbocycles. The van der Waals surface area contributed by atoms with Crippen LogP contribution in [0.1, 0.15) is 16.1 Å². The molecule has 0 saturated heterocycles. The van der Waals surface area contributed by atoms with Gasteiger partial charge < -0.3 is 15.7 Å². The predicted octanol–water partition coefficient (Wildman–Crippen LogP) is 2.65. The van der Waals surface area contributed by atoms with E-state index >= 15 is 0 Å². The number of carbonyl (C=O) groups is 1. The molecule has 2 aromatic rings. The Labute approximate surface area is 134 Å². The Hall–Kier alpha value is -2.11. The summed E-state index contributed by atoms with van der Waals surface area (Å²) in [6.07, 6.45) is -0.670. The largest absolute Gasteiger partial charge is 0.390 e. The number of pyridine rings is 1. The first kappa shape index (κ1) is 16.3. The molecule has 0 aliphatic rings. The molecule has 0 radical (unpaired) electrons. The van der Waals surface area contributed by atoms with Gasteiger partial charge in [0.1, 0.15) is 5.82 Å². The van der Waals surface area contributed by atoms with Crippen LogP contribution in [0.15, 0.2) is 42.5 Å². The van der Waals surface area contributed by atoms with Crippen LogP contribution in [0.5, 0.6) is 0 Å². The lowest BCUT2D eigenvalue weighted by atomic mass is 10.1. The quantitative estimate of drug-likeness (QED) is 0.716. The van der Waals surface area contributed by atoms with Gasteiger partial charge in [0.2, 0.25) is 0 Å². The van der Waals surface area contributed by atoms with E-state index in [2.05, 4.69) is 15.6 Å². The zero-order valence-electron chi connectivity index (χ0n) is 12.2. The Morgan fingerprint density at radius 1 is 1.27 bits per heavy atom. The lowest BCUT2D eigenvalue weighted by Gasteiger charge is -2.14. The van der Waals surface area contributed by atoms with Crippen LogP contribution in [-0.4, -0.2) is 34.5 Å². The second-order valence-corrected chi connectivity index (χ2v) is 5.16. The lowest BCUT2D eigenvalue weighted by Crippen LogP contribution is -2.23. The molecule has 1 atom stereocenters. The number of hydrogen-bond donors (Lipinski definition) is 3. The van der Waals surface area contributed by atoms with Gasteiger partial charge in [-0.2, -0.15) is 0 Å². The van der Waals surface area contributed by atoms with Crippen molar-refractivity contribution >= 4 is 29.0 Å². The van der Waals surface area contributed by atoms with E-state index < -0.39 is 6.10 Å². The number of hydrogen-bond acceptors (Lipinski definition) is 4. The van der Waals surface area contributed by atoms with Crippen LogP contribution >= 0.6 is 11.6 Å². The van der Waals surface area contributed by atoms with Crippen molar-refractivity contribution in [3.8, 4) is 0 Å². The van der Waals surface area contributed by atoms with Crippen molar-refractivity contribution < 1.29 is 9.90 Å². The summed E-state index contributed by atoms with van der Waals surface area (Å²) < 4.78 is 0. The first-order chi connectivity index (χ1) is 10.6. The maximum Gasteiger partial charge on any atom is 0.258 e. The fourth-order valence-electron chi connectivity index (χ4n) is 1.91. The summed E-state index contributed by atoms with van der Waals surface area (Å²) in [6, 6.07) is 12.5. The average Bonchev–Trinajstić information content (AvgIpc) is 2.52. The van der Waals surface area contributed by atoms with E-state index in [1.165, 1.54) is 0 Å². The zero-order valence-corrected chi connectivity index (χ0v) is 13.0. The first-order valence-electron chi connectivity index (χ1n) is 6.92. The van der Waals surface area contributed by atoms with Gasteiger partial charge in [0, 0.05) is 17.9 Å². The second kappa shape index (κ2) is 7.77. The van der Waals surface area contributed by atoms with Crippen LogP contribution in [0.3, 0.4) is 0 Å². The number of nitrogens with one attached hydrogen (secondary N) is 2. The van der Waals surface area contributed by atoms with Crippen LogP contribution in [0, 0.1) is 6.92 Å². The second-order valence-electron chi connectivity index (χ2n) is 4.85. The summed E-state index contributed by atoms with van der Waals surface area (Å²) in [4.78, 5) is 16.6. The number of anilines is 2. The van der Waals surface area contributed by atoms with Crippen LogP contribution in [0.4, 0.5) is 11.5 Å². The topological polar surface area (TPSA) is 74.2 Å². The molecular formula is C16H18ClN3O2. The molecule has 1 aromatic heterocycles. The van der Waals surface area contributed by atoms with E-state index in [-0.39, 0.29) is 18.3 Å². The maximum absolute atomic E-state index is 12.4. The van der Waals surface area contributed by atoms with E-state index in [1.54, 1.807) is 24.3 Å². The molecule has 0 aliphatic carbocycles. The van der Waals surface area contributed by atoms with Crippen molar-refractivity contribution in [2.45, 2.75) is 13.0 Å². The van der Waals surface area contributed by atoms with E-state index in [1.807, 2.05) is 25.1 Å². The van der Waals surface area contributed by atoms with Gasteiger partial charge in [-0.25, -0.2) is 4.98 Å². The smallest absolute Gasteiger partial charge is 0.258 e. The summed E-state index contributed by atoms with van der Waals surface area (Å²) >= 11 is 5.57. The molecule has 0 spiro atoms. The molecule has 6 heteroatoms. The molecule has 2 rings (SSSR count). The van der Waals surface area contributed by atoms with Gasteiger partial charge in [-0.1, -0.05) is 18.2 Å². The molecule has 5 nitrogen and oxygen atoms in total. The fourth-order valence-corrected chi connectivity index (χ4v) is 2.02. The summed E-state index contributed by atoms with van der Waals surface area (Å²) in [7, 11) is 0. The molecule has 1 amide bonds. The third-order valence-electron chi connectivity index (χ3n) is 3.01. The predicted molar refractivity (Wildman–Crippen MR) is 88.6 cm³/mol. The molecule has 116 valence electrons. The molecule has 3 N–H and O–H groups in total. The highest BCUT2D eigenvalue weighted by Crippen LogP contribution is 2.17. The maximum atomic E-state index is 12.4. The highest BCUT2D eigenvalue weighted by molar-refractivity contribution is 6.18. The van der Waals surface area contributed by atoms with Crippen LogP contribution in [-0.2, 0) is 0 Å². The Morgan fingerprint density at radius 3 is 2.77 bits per heavy atom. The number of rotatable bonds is 6. The lowest BCUT2D eigenvalue weighted by molar-refractivity contribution is 0.102.